The summed E-state index contributed by atoms with van der Waals surface area (Å²) in [5, 5.41) is 3.29. The van der Waals surface area contributed by atoms with Crippen LogP contribution in [0.1, 0.15) is 26.2 Å². The van der Waals surface area contributed by atoms with Crippen LogP contribution < -0.4 is 11.1 Å². The molecule has 5 nitrogen and oxygen atoms in total. The summed E-state index contributed by atoms with van der Waals surface area (Å²) in [6.45, 7) is 5.50. The predicted molar refractivity (Wildman–Crippen MR) is 81.8 cm³/mol. The third kappa shape index (κ3) is 2.88. The normalized spacial score (nSPS) is 18.2. The maximum atomic E-state index is 5.74. The number of fused-ring (bicyclic) bond motifs is 1. The number of benzene rings is 1. The van der Waals surface area contributed by atoms with Crippen LogP contribution in [0.2, 0.25) is 0 Å². The third-order valence-electron chi connectivity index (χ3n) is 3.97. The maximum Gasteiger partial charge on any atom is 0.295 e. The smallest absolute Gasteiger partial charge is 0.295 e. The van der Waals surface area contributed by atoms with E-state index in [1.807, 2.05) is 18.2 Å². The largest absolute Gasteiger partial charge is 0.424 e. The Balaban J connectivity index is 1.61. The number of nitrogens with two attached hydrogens (primary N) is 1. The molecule has 0 bridgehead atoms. The molecule has 1 aliphatic rings. The standard InChI is InChI=1S/C15H22N4O/c1-11(19-7-3-2-4-8-19)10-17-15-18-13-9-12(16)5-6-14(13)20-15/h5-6,9,11H,2-4,7-8,10,16H2,1H3,(H,17,18). The van der Waals surface area contributed by atoms with Gasteiger partial charge in [-0.15, -0.1) is 0 Å². The Hall–Kier alpha value is -1.75. The lowest BCUT2D eigenvalue weighted by molar-refractivity contribution is 0.180. The second-order valence-electron chi connectivity index (χ2n) is 5.57. The first-order chi connectivity index (χ1) is 9.72. The number of oxazole rings is 1. The summed E-state index contributed by atoms with van der Waals surface area (Å²) in [4.78, 5) is 6.94. The van der Waals surface area contributed by atoms with E-state index in [9.17, 15) is 0 Å². The number of likely N-dealkylation sites (tertiary alicyclic amines) is 1. The van der Waals surface area contributed by atoms with Gasteiger partial charge in [0.2, 0.25) is 0 Å². The van der Waals surface area contributed by atoms with Crippen molar-refractivity contribution < 1.29 is 4.42 Å². The minimum Gasteiger partial charge on any atom is -0.424 e. The lowest BCUT2D eigenvalue weighted by atomic mass is 10.1. The van der Waals surface area contributed by atoms with Gasteiger partial charge in [0, 0.05) is 18.3 Å². The van der Waals surface area contributed by atoms with Gasteiger partial charge in [-0.3, -0.25) is 4.90 Å². The van der Waals surface area contributed by atoms with Crippen LogP contribution in [0.3, 0.4) is 0 Å². The molecule has 1 atom stereocenters. The first-order valence-corrected chi connectivity index (χ1v) is 7.36. The summed E-state index contributed by atoms with van der Waals surface area (Å²) in [5.74, 6) is 0. The van der Waals surface area contributed by atoms with Crippen LogP contribution in [0.15, 0.2) is 22.6 Å². The molecule has 1 aliphatic heterocycles. The predicted octanol–water partition coefficient (Wildman–Crippen LogP) is 2.70. The molecule has 0 saturated carbocycles. The minimum atomic E-state index is 0.496. The summed E-state index contributed by atoms with van der Waals surface area (Å²) in [5.41, 5.74) is 8.03. The summed E-state index contributed by atoms with van der Waals surface area (Å²) < 4.78 is 5.66. The maximum absolute atomic E-state index is 5.74. The number of rotatable bonds is 4. The van der Waals surface area contributed by atoms with Gasteiger partial charge in [0.15, 0.2) is 5.58 Å². The van der Waals surface area contributed by atoms with Crippen LogP contribution in [0.5, 0.6) is 0 Å². The van der Waals surface area contributed by atoms with Crippen LogP contribution >= 0.6 is 0 Å². The van der Waals surface area contributed by atoms with Crippen molar-refractivity contribution >= 4 is 22.8 Å². The summed E-state index contributed by atoms with van der Waals surface area (Å²) in [6, 6.07) is 6.59. The molecule has 3 rings (SSSR count). The number of aromatic nitrogens is 1. The lowest BCUT2D eigenvalue weighted by Gasteiger charge is -2.32. The minimum absolute atomic E-state index is 0.496. The molecule has 5 heteroatoms. The second kappa shape index (κ2) is 5.71. The van der Waals surface area contributed by atoms with Gasteiger partial charge >= 0.3 is 0 Å². The Morgan fingerprint density at radius 2 is 2.15 bits per heavy atom. The average molecular weight is 274 g/mol. The monoisotopic (exact) mass is 274 g/mol. The molecule has 0 amide bonds. The molecule has 0 aliphatic carbocycles. The van der Waals surface area contributed by atoms with E-state index in [2.05, 4.69) is 22.1 Å². The molecule has 1 unspecified atom stereocenters. The molecular formula is C15H22N4O. The van der Waals surface area contributed by atoms with Crippen LogP contribution in [0.4, 0.5) is 11.7 Å². The van der Waals surface area contributed by atoms with Crippen molar-refractivity contribution in [1.29, 1.82) is 0 Å². The Bertz CT molecular complexity index is 574. The fraction of sp³-hybridized carbons (Fsp3) is 0.533. The Morgan fingerprint density at radius 1 is 1.35 bits per heavy atom. The summed E-state index contributed by atoms with van der Waals surface area (Å²) in [6.07, 6.45) is 3.99. The SMILES string of the molecule is CC(CNc1nc2cc(N)ccc2o1)N1CCCCC1. The number of piperidine rings is 1. The van der Waals surface area contributed by atoms with E-state index in [1.54, 1.807) is 0 Å². The number of nitrogens with one attached hydrogen (secondary N) is 1. The van der Waals surface area contributed by atoms with Crippen LogP contribution in [0.25, 0.3) is 11.1 Å². The van der Waals surface area contributed by atoms with E-state index in [0.29, 0.717) is 17.7 Å². The third-order valence-corrected chi connectivity index (χ3v) is 3.97. The van der Waals surface area contributed by atoms with Crippen molar-refractivity contribution in [2.75, 3.05) is 30.7 Å². The van der Waals surface area contributed by atoms with Crippen LogP contribution in [-0.4, -0.2) is 35.6 Å². The van der Waals surface area contributed by atoms with E-state index in [-0.39, 0.29) is 0 Å². The van der Waals surface area contributed by atoms with E-state index in [1.165, 1.54) is 32.4 Å². The highest BCUT2D eigenvalue weighted by Crippen LogP contribution is 2.21. The molecule has 1 saturated heterocycles. The molecule has 1 aromatic heterocycles. The van der Waals surface area contributed by atoms with Gasteiger partial charge in [0.1, 0.15) is 5.52 Å². The lowest BCUT2D eigenvalue weighted by Crippen LogP contribution is -2.41. The Labute approximate surface area is 119 Å². The summed E-state index contributed by atoms with van der Waals surface area (Å²) >= 11 is 0. The quantitative estimate of drug-likeness (QED) is 0.839. The molecule has 1 fully saturated rings. The molecule has 1 aromatic carbocycles. The van der Waals surface area contributed by atoms with E-state index >= 15 is 0 Å². The first kappa shape index (κ1) is 13.2. The van der Waals surface area contributed by atoms with Gasteiger partial charge in [0.05, 0.1) is 0 Å². The molecule has 2 heterocycles. The number of nitrogen functional groups attached to an aromatic ring is 1. The molecule has 3 N–H and O–H groups in total. The zero-order valence-electron chi connectivity index (χ0n) is 11.9. The van der Waals surface area contributed by atoms with Crippen molar-refractivity contribution in [3.8, 4) is 0 Å². The number of hydrogen-bond acceptors (Lipinski definition) is 5. The van der Waals surface area contributed by atoms with Crippen molar-refractivity contribution in [3.05, 3.63) is 18.2 Å². The van der Waals surface area contributed by atoms with Crippen molar-refractivity contribution in [3.63, 3.8) is 0 Å². The molecular weight excluding hydrogens is 252 g/mol. The van der Waals surface area contributed by atoms with Crippen LogP contribution in [-0.2, 0) is 0 Å². The number of anilines is 2. The van der Waals surface area contributed by atoms with Gasteiger partial charge in [-0.2, -0.15) is 4.98 Å². The Kier molecular flexibility index (Phi) is 3.78. The molecule has 2 aromatic rings. The molecule has 0 spiro atoms. The highest BCUT2D eigenvalue weighted by atomic mass is 16.4. The van der Waals surface area contributed by atoms with E-state index < -0.39 is 0 Å². The molecule has 108 valence electrons. The number of nitrogens with zero attached hydrogens (tertiary/aromatic N) is 2. The first-order valence-electron chi connectivity index (χ1n) is 7.36. The van der Waals surface area contributed by atoms with E-state index in [0.717, 1.165) is 17.6 Å². The van der Waals surface area contributed by atoms with Gasteiger partial charge in [0.25, 0.3) is 6.01 Å². The van der Waals surface area contributed by atoms with Crippen LogP contribution in [0, 0.1) is 0 Å². The second-order valence-corrected chi connectivity index (χ2v) is 5.57. The molecule has 0 radical (unpaired) electrons. The van der Waals surface area contributed by atoms with Crippen molar-refractivity contribution in [2.45, 2.75) is 32.2 Å². The van der Waals surface area contributed by atoms with Crippen molar-refractivity contribution in [1.82, 2.24) is 9.88 Å². The van der Waals surface area contributed by atoms with Gasteiger partial charge in [-0.1, -0.05) is 6.42 Å². The van der Waals surface area contributed by atoms with E-state index in [4.69, 9.17) is 10.2 Å². The number of hydrogen-bond donors (Lipinski definition) is 2. The Morgan fingerprint density at radius 3 is 2.95 bits per heavy atom. The van der Waals surface area contributed by atoms with Crippen molar-refractivity contribution in [2.24, 2.45) is 0 Å². The highest BCUT2D eigenvalue weighted by molar-refractivity contribution is 5.78. The summed E-state index contributed by atoms with van der Waals surface area (Å²) in [7, 11) is 0. The van der Waals surface area contributed by atoms with Gasteiger partial charge < -0.3 is 15.5 Å². The zero-order valence-corrected chi connectivity index (χ0v) is 11.9. The van der Waals surface area contributed by atoms with Gasteiger partial charge in [-0.25, -0.2) is 0 Å². The fourth-order valence-electron chi connectivity index (χ4n) is 2.74. The van der Waals surface area contributed by atoms with Gasteiger partial charge in [-0.05, 0) is 51.1 Å². The average Bonchev–Trinajstić information content (AvgIpc) is 2.87. The molecule has 20 heavy (non-hydrogen) atoms. The highest BCUT2D eigenvalue weighted by Gasteiger charge is 2.17. The topological polar surface area (TPSA) is 67.3 Å². The zero-order chi connectivity index (χ0) is 13.9. The fourth-order valence-corrected chi connectivity index (χ4v) is 2.74.